The van der Waals surface area contributed by atoms with Gasteiger partial charge in [0.2, 0.25) is 0 Å². The second-order valence-corrected chi connectivity index (χ2v) is 7.83. The predicted molar refractivity (Wildman–Crippen MR) is 108 cm³/mol. The van der Waals surface area contributed by atoms with E-state index in [-0.39, 0.29) is 6.61 Å². The molecule has 0 bridgehead atoms. The van der Waals surface area contributed by atoms with Crippen molar-refractivity contribution in [1.82, 2.24) is 0 Å². The van der Waals surface area contributed by atoms with Crippen molar-refractivity contribution in [3.8, 4) is 33.7 Å². The lowest BCUT2D eigenvalue weighted by Crippen LogP contribution is -2.04. The van der Waals surface area contributed by atoms with E-state index in [1.807, 2.05) is 37.3 Å². The first kappa shape index (κ1) is 18.8. The van der Waals surface area contributed by atoms with Crippen LogP contribution < -0.4 is 0 Å². The average Bonchev–Trinajstić information content (AvgIpc) is 3.32. The Morgan fingerprint density at radius 2 is 1.70 bits per heavy atom. The van der Waals surface area contributed by atoms with Gasteiger partial charge in [-0.1, -0.05) is 31.2 Å². The van der Waals surface area contributed by atoms with E-state index in [9.17, 15) is 10.1 Å². The number of hydrogen-bond donors (Lipinski definition) is 0. The first-order valence-corrected chi connectivity index (χ1v) is 10.1. The lowest BCUT2D eigenvalue weighted by atomic mass is 9.98. The van der Waals surface area contributed by atoms with Crippen molar-refractivity contribution >= 4 is 28.6 Å². The molecule has 2 aromatic heterocycles. The zero-order chi connectivity index (χ0) is 19.4. The Hall–Kier alpha value is -2.93. The molecule has 0 fully saturated rings. The molecule has 0 spiro atoms. The van der Waals surface area contributed by atoms with Gasteiger partial charge in [0.15, 0.2) is 0 Å². The van der Waals surface area contributed by atoms with E-state index >= 15 is 0 Å². The maximum absolute atomic E-state index is 12.4. The van der Waals surface area contributed by atoms with Gasteiger partial charge in [0.1, 0.15) is 21.9 Å². The minimum absolute atomic E-state index is 0.290. The van der Waals surface area contributed by atoms with Crippen molar-refractivity contribution in [2.45, 2.75) is 20.3 Å². The summed E-state index contributed by atoms with van der Waals surface area (Å²) in [7, 11) is 0. The smallest absolute Gasteiger partial charge is 0.348 e. The van der Waals surface area contributed by atoms with Crippen LogP contribution in [0.3, 0.4) is 0 Å². The van der Waals surface area contributed by atoms with Gasteiger partial charge in [0.25, 0.3) is 0 Å². The van der Waals surface area contributed by atoms with Gasteiger partial charge in [-0.15, -0.1) is 22.7 Å². The van der Waals surface area contributed by atoms with Crippen LogP contribution in [0.5, 0.6) is 0 Å². The van der Waals surface area contributed by atoms with E-state index in [4.69, 9.17) is 10.00 Å². The highest BCUT2D eigenvalue weighted by atomic mass is 32.1. The minimum Gasteiger partial charge on any atom is -0.462 e. The van der Waals surface area contributed by atoms with Crippen LogP contribution in [-0.2, 0) is 11.2 Å². The van der Waals surface area contributed by atoms with Gasteiger partial charge in [0.05, 0.1) is 12.2 Å². The SMILES string of the molecule is CCOC(=O)c1sc(CC)c(C#N)c1-c1ccc(-c2ccc(C#N)s2)cc1. The lowest BCUT2D eigenvalue weighted by Gasteiger charge is -2.06. The maximum Gasteiger partial charge on any atom is 0.348 e. The summed E-state index contributed by atoms with van der Waals surface area (Å²) in [4.78, 5) is 15.4. The molecule has 0 unspecified atom stereocenters. The summed E-state index contributed by atoms with van der Waals surface area (Å²) in [5.41, 5.74) is 2.99. The molecule has 0 amide bonds. The van der Waals surface area contributed by atoms with Crippen molar-refractivity contribution < 1.29 is 9.53 Å². The van der Waals surface area contributed by atoms with Crippen LogP contribution >= 0.6 is 22.7 Å². The van der Waals surface area contributed by atoms with Gasteiger partial charge < -0.3 is 4.74 Å². The lowest BCUT2D eigenvalue weighted by molar-refractivity contribution is 0.0533. The third-order valence-corrected chi connectivity index (χ3v) is 6.40. The quantitative estimate of drug-likeness (QED) is 0.528. The van der Waals surface area contributed by atoms with Gasteiger partial charge in [-0.05, 0) is 36.6 Å². The molecule has 27 heavy (non-hydrogen) atoms. The monoisotopic (exact) mass is 392 g/mol. The zero-order valence-electron chi connectivity index (χ0n) is 14.9. The van der Waals surface area contributed by atoms with Crippen molar-refractivity contribution in [3.05, 3.63) is 56.6 Å². The van der Waals surface area contributed by atoms with E-state index in [0.29, 0.717) is 27.3 Å². The fourth-order valence-electron chi connectivity index (χ4n) is 2.82. The average molecular weight is 393 g/mol. The second kappa shape index (κ2) is 8.18. The summed E-state index contributed by atoms with van der Waals surface area (Å²) in [6, 6.07) is 15.8. The topological polar surface area (TPSA) is 73.9 Å². The Morgan fingerprint density at radius 3 is 2.26 bits per heavy atom. The van der Waals surface area contributed by atoms with Crippen LogP contribution in [0.4, 0.5) is 0 Å². The molecule has 2 heterocycles. The molecule has 134 valence electrons. The van der Waals surface area contributed by atoms with Gasteiger partial charge in [-0.2, -0.15) is 10.5 Å². The zero-order valence-corrected chi connectivity index (χ0v) is 16.5. The number of esters is 1. The number of nitrogens with zero attached hydrogens (tertiary/aromatic N) is 2. The van der Waals surface area contributed by atoms with Crippen LogP contribution in [-0.4, -0.2) is 12.6 Å². The summed E-state index contributed by atoms with van der Waals surface area (Å²) in [5.74, 6) is -0.394. The maximum atomic E-state index is 12.4. The van der Waals surface area contributed by atoms with Crippen LogP contribution in [0, 0.1) is 22.7 Å². The predicted octanol–water partition coefficient (Wildman–Crippen LogP) is 5.63. The molecule has 3 rings (SSSR count). The van der Waals surface area contributed by atoms with Crippen LogP contribution in [0.1, 0.15) is 38.8 Å². The molecule has 0 N–H and O–H groups in total. The molecule has 0 radical (unpaired) electrons. The van der Waals surface area contributed by atoms with Crippen molar-refractivity contribution in [1.29, 1.82) is 10.5 Å². The molecule has 0 saturated heterocycles. The van der Waals surface area contributed by atoms with Gasteiger partial charge in [0, 0.05) is 15.3 Å². The number of aryl methyl sites for hydroxylation is 1. The Balaban J connectivity index is 2.07. The summed E-state index contributed by atoms with van der Waals surface area (Å²) in [6.45, 7) is 4.03. The molecule has 6 heteroatoms. The molecule has 3 aromatic rings. The van der Waals surface area contributed by atoms with E-state index in [0.717, 1.165) is 20.9 Å². The Labute approximate surface area is 165 Å². The number of ether oxygens (including phenoxy) is 1. The van der Waals surface area contributed by atoms with Crippen molar-refractivity contribution in [2.24, 2.45) is 0 Å². The number of rotatable bonds is 5. The first-order valence-electron chi connectivity index (χ1n) is 8.46. The fourth-order valence-corrected chi connectivity index (χ4v) is 4.73. The highest BCUT2D eigenvalue weighted by Gasteiger charge is 2.24. The van der Waals surface area contributed by atoms with Crippen LogP contribution in [0.15, 0.2) is 36.4 Å². The Bertz CT molecular complexity index is 1060. The highest BCUT2D eigenvalue weighted by Crippen LogP contribution is 2.38. The molecule has 0 aliphatic rings. The first-order chi connectivity index (χ1) is 13.1. The molecule has 0 atom stereocenters. The van der Waals surface area contributed by atoms with E-state index in [2.05, 4.69) is 12.1 Å². The summed E-state index contributed by atoms with van der Waals surface area (Å²) in [5, 5.41) is 18.6. The molecular weight excluding hydrogens is 376 g/mol. The van der Waals surface area contributed by atoms with E-state index in [1.165, 1.54) is 22.7 Å². The highest BCUT2D eigenvalue weighted by molar-refractivity contribution is 7.16. The number of nitriles is 2. The Morgan fingerprint density at radius 1 is 1.00 bits per heavy atom. The molecule has 4 nitrogen and oxygen atoms in total. The molecule has 0 aliphatic carbocycles. The van der Waals surface area contributed by atoms with Gasteiger partial charge in [-0.3, -0.25) is 0 Å². The summed E-state index contributed by atoms with van der Waals surface area (Å²) < 4.78 is 5.19. The van der Waals surface area contributed by atoms with Crippen LogP contribution in [0.25, 0.3) is 21.6 Å². The summed E-state index contributed by atoms with van der Waals surface area (Å²) in [6.07, 6.45) is 0.685. The third-order valence-electron chi connectivity index (χ3n) is 4.05. The number of benzene rings is 1. The second-order valence-electron chi connectivity index (χ2n) is 5.64. The van der Waals surface area contributed by atoms with Gasteiger partial charge in [-0.25, -0.2) is 4.79 Å². The van der Waals surface area contributed by atoms with Crippen molar-refractivity contribution in [3.63, 3.8) is 0 Å². The fraction of sp³-hybridized carbons (Fsp3) is 0.190. The van der Waals surface area contributed by atoms with Crippen LogP contribution in [0.2, 0.25) is 0 Å². The molecule has 1 aromatic carbocycles. The number of carbonyl (C=O) groups excluding carboxylic acids is 1. The van der Waals surface area contributed by atoms with E-state index in [1.54, 1.807) is 13.0 Å². The Kier molecular flexibility index (Phi) is 5.71. The van der Waals surface area contributed by atoms with Gasteiger partial charge >= 0.3 is 5.97 Å². The third kappa shape index (κ3) is 3.64. The normalized spacial score (nSPS) is 10.2. The minimum atomic E-state index is -0.394. The number of thiophene rings is 2. The number of carbonyl (C=O) groups is 1. The molecule has 0 aliphatic heterocycles. The molecule has 0 saturated carbocycles. The number of hydrogen-bond acceptors (Lipinski definition) is 6. The molecular formula is C21H16N2O2S2. The standard InChI is InChI=1S/C21H16N2O2S2/c1-3-17-16(12-23)19(20(27-17)21(24)25-4-2)14-7-5-13(6-8-14)18-10-9-15(11-22)26-18/h5-10H,3-4H2,1-2H3. The largest absolute Gasteiger partial charge is 0.462 e. The van der Waals surface area contributed by atoms with E-state index < -0.39 is 5.97 Å². The summed E-state index contributed by atoms with van der Waals surface area (Å²) >= 11 is 2.76. The van der Waals surface area contributed by atoms with Crippen molar-refractivity contribution in [2.75, 3.05) is 6.61 Å².